The van der Waals surface area contributed by atoms with Gasteiger partial charge in [0.15, 0.2) is 0 Å². The van der Waals surface area contributed by atoms with E-state index in [0.717, 1.165) is 12.8 Å². The van der Waals surface area contributed by atoms with Crippen molar-refractivity contribution in [1.82, 2.24) is 0 Å². The molecule has 0 heterocycles. The van der Waals surface area contributed by atoms with Crippen LogP contribution in [0.1, 0.15) is 33.6 Å². The molecule has 2 unspecified atom stereocenters. The molecule has 1 heteroatoms. The maximum atomic E-state index is 10.3. The number of aliphatic hydroxyl groups is 1. The van der Waals surface area contributed by atoms with Crippen molar-refractivity contribution < 1.29 is 5.11 Å². The van der Waals surface area contributed by atoms with Crippen molar-refractivity contribution in [1.29, 1.82) is 0 Å². The molecule has 1 rings (SSSR count). The molecular formula is C12H20O. The first kappa shape index (κ1) is 10.5. The lowest BCUT2D eigenvalue weighted by molar-refractivity contribution is 0.0284. The minimum Gasteiger partial charge on any atom is -0.385 e. The van der Waals surface area contributed by atoms with Gasteiger partial charge >= 0.3 is 0 Å². The smallest absolute Gasteiger partial charge is 0.0890 e. The molecule has 74 valence electrons. The molecule has 2 atom stereocenters. The summed E-state index contributed by atoms with van der Waals surface area (Å²) in [5, 5.41) is 10.3. The van der Waals surface area contributed by atoms with Crippen LogP contribution in [-0.4, -0.2) is 10.7 Å². The molecule has 1 N–H and O–H groups in total. The summed E-state index contributed by atoms with van der Waals surface area (Å²) in [5.41, 5.74) is -0.598. The normalized spacial score (nSPS) is 29.6. The van der Waals surface area contributed by atoms with Gasteiger partial charge in [0.25, 0.3) is 0 Å². The molecule has 1 nitrogen and oxygen atoms in total. The minimum absolute atomic E-state index is 0.341. The van der Waals surface area contributed by atoms with Crippen molar-refractivity contribution in [2.45, 2.75) is 39.2 Å². The van der Waals surface area contributed by atoms with E-state index >= 15 is 0 Å². The van der Waals surface area contributed by atoms with E-state index in [2.05, 4.69) is 20.8 Å². The minimum atomic E-state index is -0.598. The van der Waals surface area contributed by atoms with Crippen LogP contribution in [0.25, 0.3) is 0 Å². The first-order valence-electron chi connectivity index (χ1n) is 5.11. The predicted molar refractivity (Wildman–Crippen MR) is 56.5 cm³/mol. The molecule has 0 saturated heterocycles. The molecule has 0 fully saturated rings. The van der Waals surface area contributed by atoms with Crippen LogP contribution in [0.3, 0.4) is 0 Å². The molecule has 0 spiro atoms. The Hall–Kier alpha value is -0.560. The van der Waals surface area contributed by atoms with E-state index < -0.39 is 5.60 Å². The van der Waals surface area contributed by atoms with Crippen molar-refractivity contribution in [2.24, 2.45) is 11.8 Å². The monoisotopic (exact) mass is 180 g/mol. The Kier molecular flexibility index (Phi) is 3.32. The molecule has 0 radical (unpaired) electrons. The summed E-state index contributed by atoms with van der Waals surface area (Å²) >= 11 is 0. The Bertz CT molecular complexity index is 215. The number of rotatable bonds is 3. The summed E-state index contributed by atoms with van der Waals surface area (Å²) in [6, 6.07) is 0. The average Bonchev–Trinajstić information content (AvgIpc) is 2.04. The summed E-state index contributed by atoms with van der Waals surface area (Å²) in [7, 11) is 0. The van der Waals surface area contributed by atoms with Crippen LogP contribution in [0, 0.1) is 11.8 Å². The molecule has 0 bridgehead atoms. The lowest BCUT2D eigenvalue weighted by Gasteiger charge is -2.32. The zero-order chi connectivity index (χ0) is 9.90. The third kappa shape index (κ3) is 2.70. The zero-order valence-electron chi connectivity index (χ0n) is 8.83. The number of hydrogen-bond acceptors (Lipinski definition) is 1. The van der Waals surface area contributed by atoms with Crippen LogP contribution in [0.4, 0.5) is 0 Å². The SMILES string of the molecule is CC(C)CC(C)C1(O)C=CC=CC1. The van der Waals surface area contributed by atoms with E-state index in [-0.39, 0.29) is 0 Å². The third-order valence-corrected chi connectivity index (χ3v) is 2.76. The summed E-state index contributed by atoms with van der Waals surface area (Å²) in [5.74, 6) is 0.993. The van der Waals surface area contributed by atoms with Crippen LogP contribution < -0.4 is 0 Å². The van der Waals surface area contributed by atoms with Gasteiger partial charge in [-0.05, 0) is 24.7 Å². The van der Waals surface area contributed by atoms with Crippen molar-refractivity contribution >= 4 is 0 Å². The van der Waals surface area contributed by atoms with Crippen LogP contribution in [0.15, 0.2) is 24.3 Å². The van der Waals surface area contributed by atoms with Crippen LogP contribution in [0.2, 0.25) is 0 Å². The van der Waals surface area contributed by atoms with Gasteiger partial charge in [-0.2, -0.15) is 0 Å². The van der Waals surface area contributed by atoms with Crippen molar-refractivity contribution in [2.75, 3.05) is 0 Å². The zero-order valence-corrected chi connectivity index (χ0v) is 8.83. The summed E-state index contributed by atoms with van der Waals surface area (Å²) < 4.78 is 0. The molecule has 1 aliphatic rings. The lowest BCUT2D eigenvalue weighted by atomic mass is 9.79. The first-order valence-corrected chi connectivity index (χ1v) is 5.11. The van der Waals surface area contributed by atoms with Gasteiger partial charge in [-0.3, -0.25) is 0 Å². The molecular weight excluding hydrogens is 160 g/mol. The molecule has 0 aromatic rings. The summed E-state index contributed by atoms with van der Waals surface area (Å²) in [6.45, 7) is 6.52. The Labute approximate surface area is 81.2 Å². The molecule has 0 saturated carbocycles. The highest BCUT2D eigenvalue weighted by Crippen LogP contribution is 2.30. The van der Waals surface area contributed by atoms with Crippen molar-refractivity contribution in [3.05, 3.63) is 24.3 Å². The summed E-state index contributed by atoms with van der Waals surface area (Å²) in [4.78, 5) is 0. The van der Waals surface area contributed by atoms with Crippen LogP contribution >= 0.6 is 0 Å². The molecule has 0 amide bonds. The van der Waals surface area contributed by atoms with Gasteiger partial charge in [-0.1, -0.05) is 45.1 Å². The van der Waals surface area contributed by atoms with Gasteiger partial charge in [0.1, 0.15) is 0 Å². The van der Waals surface area contributed by atoms with E-state index in [1.165, 1.54) is 0 Å². The van der Waals surface area contributed by atoms with E-state index in [1.807, 2.05) is 24.3 Å². The van der Waals surface area contributed by atoms with Crippen LogP contribution in [-0.2, 0) is 0 Å². The molecule has 13 heavy (non-hydrogen) atoms. The topological polar surface area (TPSA) is 20.2 Å². The van der Waals surface area contributed by atoms with Gasteiger partial charge in [-0.25, -0.2) is 0 Å². The predicted octanol–water partition coefficient (Wildman–Crippen LogP) is 2.92. The highest BCUT2D eigenvalue weighted by atomic mass is 16.3. The Balaban J connectivity index is 2.58. The summed E-state index contributed by atoms with van der Waals surface area (Å²) in [6.07, 6.45) is 9.75. The molecule has 0 aliphatic heterocycles. The highest BCUT2D eigenvalue weighted by Gasteiger charge is 2.30. The standard InChI is InChI=1S/C12H20O/c1-10(2)9-11(3)12(13)7-5-4-6-8-12/h4-7,10-11,13H,8-9H2,1-3H3. The van der Waals surface area contributed by atoms with Crippen molar-refractivity contribution in [3.8, 4) is 0 Å². The Morgan fingerprint density at radius 3 is 2.46 bits per heavy atom. The second-order valence-electron chi connectivity index (χ2n) is 4.51. The van der Waals surface area contributed by atoms with Gasteiger partial charge in [0, 0.05) is 0 Å². The van der Waals surface area contributed by atoms with E-state index in [1.54, 1.807) is 0 Å². The van der Waals surface area contributed by atoms with Crippen LogP contribution in [0.5, 0.6) is 0 Å². The maximum absolute atomic E-state index is 10.3. The number of allylic oxidation sites excluding steroid dienone is 2. The van der Waals surface area contributed by atoms with Gasteiger partial charge in [0.2, 0.25) is 0 Å². The second-order valence-corrected chi connectivity index (χ2v) is 4.51. The third-order valence-electron chi connectivity index (χ3n) is 2.76. The maximum Gasteiger partial charge on any atom is 0.0890 e. The Morgan fingerprint density at radius 2 is 2.00 bits per heavy atom. The van der Waals surface area contributed by atoms with Gasteiger partial charge in [0.05, 0.1) is 5.60 Å². The Morgan fingerprint density at radius 1 is 1.31 bits per heavy atom. The largest absolute Gasteiger partial charge is 0.385 e. The fourth-order valence-corrected chi connectivity index (χ4v) is 1.90. The fourth-order valence-electron chi connectivity index (χ4n) is 1.90. The van der Waals surface area contributed by atoms with E-state index in [4.69, 9.17) is 0 Å². The second kappa shape index (κ2) is 4.10. The van der Waals surface area contributed by atoms with Gasteiger partial charge < -0.3 is 5.11 Å². The van der Waals surface area contributed by atoms with E-state index in [0.29, 0.717) is 11.8 Å². The average molecular weight is 180 g/mol. The molecule has 1 aliphatic carbocycles. The quantitative estimate of drug-likeness (QED) is 0.708. The lowest BCUT2D eigenvalue weighted by Crippen LogP contribution is -2.35. The highest BCUT2D eigenvalue weighted by molar-refractivity contribution is 5.19. The molecule has 0 aromatic carbocycles. The number of hydrogen-bond donors (Lipinski definition) is 1. The molecule has 0 aromatic heterocycles. The fraction of sp³-hybridized carbons (Fsp3) is 0.667. The van der Waals surface area contributed by atoms with Crippen molar-refractivity contribution in [3.63, 3.8) is 0 Å². The first-order chi connectivity index (χ1) is 6.04. The van der Waals surface area contributed by atoms with Gasteiger partial charge in [-0.15, -0.1) is 0 Å². The van der Waals surface area contributed by atoms with E-state index in [9.17, 15) is 5.11 Å².